The van der Waals surface area contributed by atoms with Gasteiger partial charge in [-0.1, -0.05) is 13.0 Å². The van der Waals surface area contributed by atoms with E-state index in [-0.39, 0.29) is 5.91 Å². The Morgan fingerprint density at radius 3 is 2.88 bits per heavy atom. The monoisotopic (exact) mass is 360 g/mol. The standard InChI is InChI=1S/C19H28N4OS/c1-3-8-22-9-6-16(7-10-22)21-19(24)14-25-13-17-12-23-11-15(2)4-5-18(23)20-17/h4-5,11-12,16H,3,6-10,13-14H2,1-2H3,(H,21,24). The van der Waals surface area contributed by atoms with Crippen molar-refractivity contribution in [2.45, 2.75) is 44.9 Å². The van der Waals surface area contributed by atoms with Gasteiger partial charge in [-0.05, 0) is 44.4 Å². The molecule has 1 N–H and O–H groups in total. The van der Waals surface area contributed by atoms with Crippen LogP contribution in [0.2, 0.25) is 0 Å². The molecule has 5 nitrogen and oxygen atoms in total. The summed E-state index contributed by atoms with van der Waals surface area (Å²) in [5, 5.41) is 3.19. The average Bonchev–Trinajstić information content (AvgIpc) is 2.98. The summed E-state index contributed by atoms with van der Waals surface area (Å²) < 4.78 is 2.05. The van der Waals surface area contributed by atoms with Gasteiger partial charge < -0.3 is 14.6 Å². The Balaban J connectivity index is 1.39. The fourth-order valence-electron chi connectivity index (χ4n) is 3.36. The number of pyridine rings is 1. The number of likely N-dealkylation sites (tertiary alicyclic amines) is 1. The highest BCUT2D eigenvalue weighted by molar-refractivity contribution is 7.99. The van der Waals surface area contributed by atoms with Crippen molar-refractivity contribution in [3.05, 3.63) is 35.8 Å². The summed E-state index contributed by atoms with van der Waals surface area (Å²) in [5.41, 5.74) is 3.20. The molecule has 1 aliphatic rings. The minimum atomic E-state index is 0.151. The normalized spacial score (nSPS) is 16.4. The van der Waals surface area contributed by atoms with Gasteiger partial charge in [-0.2, -0.15) is 0 Å². The zero-order valence-electron chi connectivity index (χ0n) is 15.2. The molecule has 1 aliphatic heterocycles. The lowest BCUT2D eigenvalue weighted by atomic mass is 10.1. The molecule has 1 fully saturated rings. The molecule has 136 valence electrons. The number of aromatic nitrogens is 2. The number of piperidine rings is 1. The first-order chi connectivity index (χ1) is 12.1. The predicted molar refractivity (Wildman–Crippen MR) is 104 cm³/mol. The molecule has 0 unspecified atom stereocenters. The van der Waals surface area contributed by atoms with E-state index in [4.69, 9.17) is 0 Å². The average molecular weight is 361 g/mol. The zero-order chi connectivity index (χ0) is 17.6. The van der Waals surface area contributed by atoms with E-state index in [1.54, 1.807) is 11.8 Å². The molecule has 1 saturated heterocycles. The molecule has 3 rings (SSSR count). The third-order valence-corrected chi connectivity index (χ3v) is 5.59. The van der Waals surface area contributed by atoms with E-state index in [1.807, 2.05) is 6.07 Å². The van der Waals surface area contributed by atoms with Gasteiger partial charge in [0.05, 0.1) is 11.4 Å². The number of imidazole rings is 1. The summed E-state index contributed by atoms with van der Waals surface area (Å²) in [6.45, 7) is 7.68. The Hall–Kier alpha value is -1.53. The van der Waals surface area contributed by atoms with Crippen LogP contribution in [0.3, 0.4) is 0 Å². The Bertz CT molecular complexity index is 707. The number of aryl methyl sites for hydroxylation is 1. The summed E-state index contributed by atoms with van der Waals surface area (Å²) in [6, 6.07) is 4.44. The van der Waals surface area contributed by atoms with Gasteiger partial charge in [0.15, 0.2) is 0 Å². The second-order valence-corrected chi connectivity index (χ2v) is 7.87. The Morgan fingerprint density at radius 1 is 1.32 bits per heavy atom. The van der Waals surface area contributed by atoms with Gasteiger partial charge in [-0.3, -0.25) is 4.79 Å². The topological polar surface area (TPSA) is 49.6 Å². The quantitative estimate of drug-likeness (QED) is 0.825. The minimum absolute atomic E-state index is 0.151. The molecular formula is C19H28N4OS. The van der Waals surface area contributed by atoms with Gasteiger partial charge in [0, 0.05) is 37.3 Å². The first kappa shape index (κ1) is 18.3. The molecule has 0 saturated carbocycles. The molecule has 0 radical (unpaired) electrons. The van der Waals surface area contributed by atoms with Gasteiger partial charge >= 0.3 is 0 Å². The number of amides is 1. The van der Waals surface area contributed by atoms with Crippen LogP contribution in [-0.2, 0) is 10.5 Å². The first-order valence-corrected chi connectivity index (χ1v) is 10.3. The lowest BCUT2D eigenvalue weighted by molar-refractivity contribution is -0.119. The predicted octanol–water partition coefficient (Wildman–Crippen LogP) is 2.87. The number of nitrogens with zero attached hydrogens (tertiary/aromatic N) is 3. The number of hydrogen-bond donors (Lipinski definition) is 1. The van der Waals surface area contributed by atoms with Crippen molar-refractivity contribution in [1.82, 2.24) is 19.6 Å². The van der Waals surface area contributed by atoms with Gasteiger partial charge in [0.1, 0.15) is 5.65 Å². The SMILES string of the molecule is CCCN1CCC(NC(=O)CSCc2cn3cc(C)ccc3n2)CC1. The molecule has 0 bridgehead atoms. The van der Waals surface area contributed by atoms with Crippen LogP contribution in [0.5, 0.6) is 0 Å². The van der Waals surface area contributed by atoms with Crippen molar-refractivity contribution < 1.29 is 4.79 Å². The maximum absolute atomic E-state index is 12.2. The summed E-state index contributed by atoms with van der Waals surface area (Å²) >= 11 is 1.63. The molecule has 1 amide bonds. The molecule has 3 heterocycles. The van der Waals surface area contributed by atoms with Crippen LogP contribution >= 0.6 is 11.8 Å². The maximum atomic E-state index is 12.2. The number of carbonyl (C=O) groups is 1. The van der Waals surface area contributed by atoms with E-state index in [9.17, 15) is 4.79 Å². The highest BCUT2D eigenvalue weighted by Gasteiger charge is 2.19. The third kappa shape index (κ3) is 5.22. The van der Waals surface area contributed by atoms with Gasteiger partial charge in [0.2, 0.25) is 5.91 Å². The fraction of sp³-hybridized carbons (Fsp3) is 0.579. The van der Waals surface area contributed by atoms with Gasteiger partial charge in [-0.15, -0.1) is 11.8 Å². The number of rotatable bonds is 7. The Morgan fingerprint density at radius 2 is 2.12 bits per heavy atom. The number of fused-ring (bicyclic) bond motifs is 1. The second kappa shape index (κ2) is 8.72. The van der Waals surface area contributed by atoms with E-state index in [0.717, 1.165) is 43.0 Å². The molecule has 0 atom stereocenters. The Kier molecular flexibility index (Phi) is 6.37. The highest BCUT2D eigenvalue weighted by atomic mass is 32.2. The smallest absolute Gasteiger partial charge is 0.230 e. The number of hydrogen-bond acceptors (Lipinski definition) is 4. The highest BCUT2D eigenvalue weighted by Crippen LogP contribution is 2.15. The van der Waals surface area contributed by atoms with Gasteiger partial charge in [-0.25, -0.2) is 4.98 Å². The first-order valence-electron chi connectivity index (χ1n) is 9.17. The number of thioether (sulfide) groups is 1. The number of carbonyl (C=O) groups excluding carboxylic acids is 1. The van der Waals surface area contributed by atoms with Crippen molar-refractivity contribution in [2.75, 3.05) is 25.4 Å². The molecular weight excluding hydrogens is 332 g/mol. The van der Waals surface area contributed by atoms with Crippen molar-refractivity contribution in [3.8, 4) is 0 Å². The third-order valence-electron chi connectivity index (χ3n) is 4.62. The van der Waals surface area contributed by atoms with Crippen LogP contribution in [0, 0.1) is 6.92 Å². The number of nitrogens with one attached hydrogen (secondary N) is 1. The second-order valence-electron chi connectivity index (χ2n) is 6.88. The molecule has 0 spiro atoms. The van der Waals surface area contributed by atoms with Crippen LogP contribution in [0.1, 0.15) is 37.4 Å². The fourth-order valence-corrected chi connectivity index (χ4v) is 4.08. The lowest BCUT2D eigenvalue weighted by Crippen LogP contribution is -2.45. The molecule has 25 heavy (non-hydrogen) atoms. The van der Waals surface area contributed by atoms with E-state index in [1.165, 1.54) is 18.5 Å². The van der Waals surface area contributed by atoms with Gasteiger partial charge in [0.25, 0.3) is 0 Å². The Labute approximate surface area is 154 Å². The van der Waals surface area contributed by atoms with Crippen LogP contribution < -0.4 is 5.32 Å². The lowest BCUT2D eigenvalue weighted by Gasteiger charge is -2.32. The van der Waals surface area contributed by atoms with Crippen LogP contribution in [0.4, 0.5) is 0 Å². The minimum Gasteiger partial charge on any atom is -0.353 e. The van der Waals surface area contributed by atoms with E-state index >= 15 is 0 Å². The molecule has 0 aromatic carbocycles. The van der Waals surface area contributed by atoms with E-state index in [2.05, 4.69) is 51.9 Å². The van der Waals surface area contributed by atoms with E-state index in [0.29, 0.717) is 11.8 Å². The largest absolute Gasteiger partial charge is 0.353 e. The molecule has 2 aromatic heterocycles. The summed E-state index contributed by atoms with van der Waals surface area (Å²) in [7, 11) is 0. The van der Waals surface area contributed by atoms with Crippen molar-refractivity contribution in [3.63, 3.8) is 0 Å². The summed E-state index contributed by atoms with van der Waals surface area (Å²) in [5.74, 6) is 1.42. The zero-order valence-corrected chi connectivity index (χ0v) is 16.0. The summed E-state index contributed by atoms with van der Waals surface area (Å²) in [6.07, 6.45) is 7.48. The molecule has 6 heteroatoms. The summed E-state index contributed by atoms with van der Waals surface area (Å²) in [4.78, 5) is 19.2. The van der Waals surface area contributed by atoms with Crippen LogP contribution in [0.25, 0.3) is 5.65 Å². The maximum Gasteiger partial charge on any atom is 0.230 e. The van der Waals surface area contributed by atoms with Crippen molar-refractivity contribution in [2.24, 2.45) is 0 Å². The van der Waals surface area contributed by atoms with Crippen molar-refractivity contribution >= 4 is 23.3 Å². The molecule has 0 aliphatic carbocycles. The van der Waals surface area contributed by atoms with E-state index < -0.39 is 0 Å². The van der Waals surface area contributed by atoms with Crippen molar-refractivity contribution in [1.29, 1.82) is 0 Å². The van der Waals surface area contributed by atoms with Crippen LogP contribution in [-0.4, -0.2) is 51.6 Å². The molecule has 2 aromatic rings. The van der Waals surface area contributed by atoms with Crippen LogP contribution in [0.15, 0.2) is 24.5 Å².